The van der Waals surface area contributed by atoms with Crippen LogP contribution < -0.4 is 15.8 Å². The van der Waals surface area contributed by atoms with Gasteiger partial charge in [0.1, 0.15) is 22.3 Å². The lowest BCUT2D eigenvalue weighted by atomic mass is 10.1. The maximum absolute atomic E-state index is 15.0. The molecule has 0 aliphatic carbocycles. The first-order valence-electron chi connectivity index (χ1n) is 11.0. The molecule has 11 heteroatoms. The molecule has 3 heterocycles. The van der Waals surface area contributed by atoms with Gasteiger partial charge in [0, 0.05) is 47.9 Å². The molecule has 0 bridgehead atoms. The average molecular weight is 519 g/mol. The number of nitrogens with two attached hydrogens (primary N) is 1. The van der Waals surface area contributed by atoms with E-state index in [2.05, 4.69) is 19.8 Å². The number of aromatic nitrogens is 4. The Kier molecular flexibility index (Phi) is 6.36. The van der Waals surface area contributed by atoms with E-state index in [9.17, 15) is 13.6 Å². The molecule has 1 amide bonds. The first-order chi connectivity index (χ1) is 17.8. The summed E-state index contributed by atoms with van der Waals surface area (Å²) in [7, 11) is 1.76. The second-order valence-electron chi connectivity index (χ2n) is 8.17. The summed E-state index contributed by atoms with van der Waals surface area (Å²) >= 11 is 1.02. The lowest BCUT2D eigenvalue weighted by molar-refractivity contribution is 0.103. The summed E-state index contributed by atoms with van der Waals surface area (Å²) in [6.07, 6.45) is 4.82. The number of hydrogen-bond acceptors (Lipinski definition) is 7. The van der Waals surface area contributed by atoms with Crippen molar-refractivity contribution in [2.45, 2.75) is 6.92 Å². The number of ether oxygens (including phenoxy) is 1. The number of halogens is 2. The van der Waals surface area contributed by atoms with E-state index in [0.717, 1.165) is 11.5 Å². The van der Waals surface area contributed by atoms with E-state index >= 15 is 0 Å². The molecule has 0 unspecified atom stereocenters. The number of rotatable bonds is 6. The lowest BCUT2D eigenvalue weighted by Crippen LogP contribution is -2.11. The summed E-state index contributed by atoms with van der Waals surface area (Å²) in [5, 5.41) is 6.83. The molecule has 186 valence electrons. The number of hydrogen-bond donors (Lipinski definition) is 2. The molecule has 3 N–H and O–H groups in total. The highest BCUT2D eigenvalue weighted by molar-refractivity contribution is 7.08. The number of carbonyl (C=O) groups excluding carboxylic acids is 1. The maximum atomic E-state index is 15.0. The molecule has 8 nitrogen and oxygen atoms in total. The summed E-state index contributed by atoms with van der Waals surface area (Å²) in [4.78, 5) is 17.3. The minimum Gasteiger partial charge on any atom is -0.453 e. The smallest absolute Gasteiger partial charge is 0.267 e. The number of carbonyl (C=O) groups is 1. The Balaban J connectivity index is 1.35. The highest BCUT2D eigenvalue weighted by Crippen LogP contribution is 2.37. The van der Waals surface area contributed by atoms with Gasteiger partial charge >= 0.3 is 0 Å². The van der Waals surface area contributed by atoms with Gasteiger partial charge in [0.2, 0.25) is 0 Å². The minimum absolute atomic E-state index is 0.0543. The van der Waals surface area contributed by atoms with Crippen molar-refractivity contribution >= 4 is 28.9 Å². The molecular weight excluding hydrogens is 498 g/mol. The molecule has 0 fully saturated rings. The SMILES string of the molecule is Cc1c(-c2ccc(F)cc2)nsc1C(=O)Nc1ccc(Oc2ccnc(N)c2-c2cnn(C)c2)c(F)c1. The molecule has 3 aromatic heterocycles. The topological polar surface area (TPSA) is 108 Å². The van der Waals surface area contributed by atoms with Crippen LogP contribution in [0, 0.1) is 18.6 Å². The summed E-state index contributed by atoms with van der Waals surface area (Å²) < 4.78 is 40.0. The Hall–Kier alpha value is -4.64. The lowest BCUT2D eigenvalue weighted by Gasteiger charge is -2.13. The Labute approximate surface area is 214 Å². The number of nitrogens with zero attached hydrogens (tertiary/aromatic N) is 4. The average Bonchev–Trinajstić information content (AvgIpc) is 3.47. The van der Waals surface area contributed by atoms with Gasteiger partial charge in [0.25, 0.3) is 5.91 Å². The van der Waals surface area contributed by atoms with Gasteiger partial charge < -0.3 is 15.8 Å². The normalized spacial score (nSPS) is 10.9. The molecule has 0 saturated heterocycles. The van der Waals surface area contributed by atoms with Gasteiger partial charge in [-0.3, -0.25) is 9.48 Å². The fourth-order valence-electron chi connectivity index (χ4n) is 3.78. The molecule has 0 aliphatic heterocycles. The van der Waals surface area contributed by atoms with Gasteiger partial charge in [-0.05, 0) is 60.9 Å². The van der Waals surface area contributed by atoms with E-state index < -0.39 is 11.7 Å². The second-order valence-corrected chi connectivity index (χ2v) is 8.94. The number of benzene rings is 2. The summed E-state index contributed by atoms with van der Waals surface area (Å²) in [6, 6.07) is 11.6. The van der Waals surface area contributed by atoms with Crippen LogP contribution in [-0.2, 0) is 7.05 Å². The van der Waals surface area contributed by atoms with E-state index in [4.69, 9.17) is 10.5 Å². The standard InChI is InChI=1S/C26H20F2N6O2S/c1-14-23(15-3-5-17(27)6-4-15)33-37-24(14)26(35)32-18-7-8-20(19(28)11-18)36-21-9-10-30-25(29)22(21)16-12-31-34(2)13-16/h3-13H,1-2H3,(H2,29,30)(H,32,35). The minimum atomic E-state index is -0.682. The Morgan fingerprint density at radius 3 is 2.57 bits per heavy atom. The van der Waals surface area contributed by atoms with Crippen LogP contribution in [0.15, 0.2) is 67.1 Å². The quantitative estimate of drug-likeness (QED) is 0.293. The van der Waals surface area contributed by atoms with Crippen molar-refractivity contribution in [3.05, 3.63) is 89.2 Å². The molecule has 0 saturated carbocycles. The highest BCUT2D eigenvalue weighted by Gasteiger charge is 2.19. The van der Waals surface area contributed by atoms with Crippen molar-refractivity contribution in [1.82, 2.24) is 19.1 Å². The van der Waals surface area contributed by atoms with Gasteiger partial charge in [-0.2, -0.15) is 9.47 Å². The van der Waals surface area contributed by atoms with Crippen LogP contribution in [0.25, 0.3) is 22.4 Å². The zero-order valence-electron chi connectivity index (χ0n) is 19.7. The molecule has 2 aromatic carbocycles. The van der Waals surface area contributed by atoms with Crippen LogP contribution in [-0.4, -0.2) is 25.0 Å². The van der Waals surface area contributed by atoms with Crippen molar-refractivity contribution in [3.8, 4) is 33.9 Å². The third-order valence-electron chi connectivity index (χ3n) is 5.59. The number of nitrogens with one attached hydrogen (secondary N) is 1. The summed E-state index contributed by atoms with van der Waals surface area (Å²) in [5.74, 6) is -0.999. The summed E-state index contributed by atoms with van der Waals surface area (Å²) in [6.45, 7) is 1.76. The second kappa shape index (κ2) is 9.78. The predicted octanol–water partition coefficient (Wildman–Crippen LogP) is 5.82. The highest BCUT2D eigenvalue weighted by atomic mass is 32.1. The van der Waals surface area contributed by atoms with Gasteiger partial charge in [0.15, 0.2) is 11.6 Å². The molecular formula is C26H20F2N6O2S. The molecule has 0 spiro atoms. The molecule has 0 radical (unpaired) electrons. The third-order valence-corrected chi connectivity index (χ3v) is 6.54. The van der Waals surface area contributed by atoms with Crippen LogP contribution in [0.5, 0.6) is 11.5 Å². The molecule has 0 aliphatic rings. The van der Waals surface area contributed by atoms with E-state index in [1.807, 2.05) is 0 Å². The fraction of sp³-hybridized carbons (Fsp3) is 0.0769. The van der Waals surface area contributed by atoms with Gasteiger partial charge in [-0.15, -0.1) is 0 Å². The first kappa shape index (κ1) is 24.1. The number of pyridine rings is 1. The van der Waals surface area contributed by atoms with Gasteiger partial charge in [-0.1, -0.05) is 0 Å². The van der Waals surface area contributed by atoms with Crippen molar-refractivity contribution in [2.24, 2.45) is 7.05 Å². The van der Waals surface area contributed by atoms with Crippen LogP contribution in [0.1, 0.15) is 15.2 Å². The summed E-state index contributed by atoms with van der Waals surface area (Å²) in [5.41, 5.74) is 9.40. The number of nitrogen functional groups attached to an aromatic ring is 1. The van der Waals surface area contributed by atoms with Crippen molar-refractivity contribution in [3.63, 3.8) is 0 Å². The first-order valence-corrected chi connectivity index (χ1v) is 11.8. The van der Waals surface area contributed by atoms with Crippen molar-refractivity contribution in [1.29, 1.82) is 0 Å². The van der Waals surface area contributed by atoms with E-state index in [0.29, 0.717) is 38.6 Å². The maximum Gasteiger partial charge on any atom is 0.267 e. The third kappa shape index (κ3) is 4.89. The Morgan fingerprint density at radius 1 is 1.08 bits per heavy atom. The zero-order chi connectivity index (χ0) is 26.1. The molecule has 5 aromatic rings. The molecule has 37 heavy (non-hydrogen) atoms. The van der Waals surface area contributed by atoms with Crippen molar-refractivity contribution in [2.75, 3.05) is 11.1 Å². The van der Waals surface area contributed by atoms with Crippen LogP contribution >= 0.6 is 11.5 Å². The van der Waals surface area contributed by atoms with Crippen molar-refractivity contribution < 1.29 is 18.3 Å². The largest absolute Gasteiger partial charge is 0.453 e. The zero-order valence-corrected chi connectivity index (χ0v) is 20.5. The number of anilines is 2. The fourth-order valence-corrected chi connectivity index (χ4v) is 4.57. The number of aryl methyl sites for hydroxylation is 1. The van der Waals surface area contributed by atoms with E-state index in [1.54, 1.807) is 49.2 Å². The predicted molar refractivity (Wildman–Crippen MR) is 138 cm³/mol. The number of amides is 1. The van der Waals surface area contributed by atoms with Gasteiger partial charge in [0.05, 0.1) is 17.5 Å². The molecule has 0 atom stereocenters. The Bertz CT molecular complexity index is 1610. The monoisotopic (exact) mass is 518 g/mol. The van der Waals surface area contributed by atoms with E-state index in [1.165, 1.54) is 36.5 Å². The van der Waals surface area contributed by atoms with Crippen LogP contribution in [0.2, 0.25) is 0 Å². The Morgan fingerprint density at radius 2 is 1.86 bits per heavy atom. The van der Waals surface area contributed by atoms with Crippen LogP contribution in [0.4, 0.5) is 20.3 Å². The van der Waals surface area contributed by atoms with E-state index in [-0.39, 0.29) is 23.1 Å². The molecule has 5 rings (SSSR count). The van der Waals surface area contributed by atoms with Gasteiger partial charge in [-0.25, -0.2) is 13.8 Å². The van der Waals surface area contributed by atoms with Crippen LogP contribution in [0.3, 0.4) is 0 Å².